The quantitative estimate of drug-likeness (QED) is 0.509. The van der Waals surface area contributed by atoms with E-state index >= 15 is 0 Å². The topological polar surface area (TPSA) is 74.8 Å². The molecule has 0 spiro atoms. The van der Waals surface area contributed by atoms with Crippen molar-refractivity contribution in [3.8, 4) is 0 Å². The van der Waals surface area contributed by atoms with E-state index in [-0.39, 0.29) is 23.0 Å². The van der Waals surface area contributed by atoms with Crippen molar-refractivity contribution in [3.05, 3.63) is 50.4 Å². The van der Waals surface area contributed by atoms with Crippen LogP contribution in [-0.4, -0.2) is 21.6 Å². The van der Waals surface area contributed by atoms with E-state index in [0.29, 0.717) is 21.8 Å². The monoisotopic (exact) mass is 403 g/mol. The number of aromatic nitrogens is 2. The number of aromatic amines is 1. The SMILES string of the molecule is Cc1ccc(NC(=O)CSc2nc3sc4c(c3c(=O)[nH]2)CCCC4)cc1F. The number of aryl methyl sites for hydroxylation is 3. The average Bonchev–Trinajstić information content (AvgIpc) is 3.02. The Morgan fingerprint density at radius 1 is 1.37 bits per heavy atom. The Morgan fingerprint density at radius 2 is 2.19 bits per heavy atom. The van der Waals surface area contributed by atoms with E-state index in [2.05, 4.69) is 15.3 Å². The van der Waals surface area contributed by atoms with Crippen LogP contribution in [0.5, 0.6) is 0 Å². The highest BCUT2D eigenvalue weighted by Gasteiger charge is 2.20. The number of benzene rings is 1. The summed E-state index contributed by atoms with van der Waals surface area (Å²) in [6, 6.07) is 4.56. The molecule has 1 aliphatic carbocycles. The molecule has 8 heteroatoms. The van der Waals surface area contributed by atoms with Crippen molar-refractivity contribution in [3.63, 3.8) is 0 Å². The molecule has 2 N–H and O–H groups in total. The number of thiophene rings is 1. The van der Waals surface area contributed by atoms with Gasteiger partial charge in [0.2, 0.25) is 5.91 Å². The molecule has 0 radical (unpaired) electrons. The van der Waals surface area contributed by atoms with E-state index in [1.165, 1.54) is 10.9 Å². The van der Waals surface area contributed by atoms with E-state index < -0.39 is 0 Å². The first-order chi connectivity index (χ1) is 13.0. The lowest BCUT2D eigenvalue weighted by Crippen LogP contribution is -2.16. The lowest BCUT2D eigenvalue weighted by atomic mass is 9.97. The molecule has 5 nitrogen and oxygen atoms in total. The number of carbonyl (C=O) groups excluding carboxylic acids is 1. The number of amides is 1. The fraction of sp³-hybridized carbons (Fsp3) is 0.316. The smallest absolute Gasteiger partial charge is 0.260 e. The number of fused-ring (bicyclic) bond motifs is 3. The molecule has 2 heterocycles. The highest BCUT2D eigenvalue weighted by Crippen LogP contribution is 2.34. The van der Waals surface area contributed by atoms with Crippen molar-refractivity contribution in [1.29, 1.82) is 0 Å². The van der Waals surface area contributed by atoms with Crippen molar-refractivity contribution < 1.29 is 9.18 Å². The summed E-state index contributed by atoms with van der Waals surface area (Å²) >= 11 is 2.75. The number of halogens is 1. The Bertz CT molecular complexity index is 1090. The van der Waals surface area contributed by atoms with Crippen LogP contribution in [0.25, 0.3) is 10.2 Å². The minimum absolute atomic E-state index is 0.0784. The number of nitrogens with zero attached hydrogens (tertiary/aromatic N) is 1. The summed E-state index contributed by atoms with van der Waals surface area (Å²) in [5.41, 5.74) is 1.94. The number of thioether (sulfide) groups is 1. The van der Waals surface area contributed by atoms with Crippen LogP contribution >= 0.6 is 23.1 Å². The van der Waals surface area contributed by atoms with Gasteiger partial charge < -0.3 is 10.3 Å². The molecule has 0 atom stereocenters. The van der Waals surface area contributed by atoms with Crippen LogP contribution in [0, 0.1) is 12.7 Å². The second kappa shape index (κ2) is 7.44. The Labute approximate surface area is 163 Å². The summed E-state index contributed by atoms with van der Waals surface area (Å²) in [4.78, 5) is 33.9. The molecule has 1 aromatic carbocycles. The second-order valence-electron chi connectivity index (χ2n) is 6.56. The van der Waals surface area contributed by atoms with Crippen LogP contribution < -0.4 is 10.9 Å². The van der Waals surface area contributed by atoms with E-state index in [0.717, 1.165) is 47.8 Å². The average molecular weight is 404 g/mol. The fourth-order valence-electron chi connectivity index (χ4n) is 3.21. The molecule has 0 saturated carbocycles. The van der Waals surface area contributed by atoms with E-state index in [9.17, 15) is 14.0 Å². The Balaban J connectivity index is 1.48. The van der Waals surface area contributed by atoms with Gasteiger partial charge in [-0.1, -0.05) is 17.8 Å². The first-order valence-corrected chi connectivity index (χ1v) is 10.5. The van der Waals surface area contributed by atoms with Gasteiger partial charge in [-0.25, -0.2) is 9.37 Å². The largest absolute Gasteiger partial charge is 0.325 e. The molecule has 1 amide bonds. The normalized spacial score (nSPS) is 13.6. The number of hydrogen-bond acceptors (Lipinski definition) is 5. The van der Waals surface area contributed by atoms with E-state index in [1.807, 2.05) is 0 Å². The maximum atomic E-state index is 13.6. The third-order valence-electron chi connectivity index (χ3n) is 4.60. The summed E-state index contributed by atoms with van der Waals surface area (Å²) in [5, 5.41) is 3.79. The minimum atomic E-state index is -0.362. The number of rotatable bonds is 4. The molecular formula is C19H18FN3O2S2. The number of nitrogens with one attached hydrogen (secondary N) is 2. The summed E-state index contributed by atoms with van der Waals surface area (Å²) in [6.07, 6.45) is 4.20. The minimum Gasteiger partial charge on any atom is -0.325 e. The number of carbonyl (C=O) groups is 1. The summed E-state index contributed by atoms with van der Waals surface area (Å²) in [7, 11) is 0. The zero-order valence-electron chi connectivity index (χ0n) is 14.7. The van der Waals surface area contributed by atoms with Crippen LogP contribution in [0.4, 0.5) is 10.1 Å². The molecule has 3 aromatic rings. The van der Waals surface area contributed by atoms with Crippen molar-refractivity contribution >= 4 is 44.9 Å². The first kappa shape index (κ1) is 18.2. The van der Waals surface area contributed by atoms with E-state index in [1.54, 1.807) is 30.4 Å². The van der Waals surface area contributed by atoms with Crippen LogP contribution in [0.1, 0.15) is 28.8 Å². The van der Waals surface area contributed by atoms with Crippen molar-refractivity contribution in [2.24, 2.45) is 0 Å². The van der Waals surface area contributed by atoms with Gasteiger partial charge in [-0.3, -0.25) is 9.59 Å². The van der Waals surface area contributed by atoms with Gasteiger partial charge in [0.05, 0.1) is 11.1 Å². The summed E-state index contributed by atoms with van der Waals surface area (Å²) < 4.78 is 13.6. The maximum absolute atomic E-state index is 13.6. The molecular weight excluding hydrogens is 385 g/mol. The molecule has 0 fully saturated rings. The molecule has 27 heavy (non-hydrogen) atoms. The Kier molecular flexibility index (Phi) is 5.01. The third kappa shape index (κ3) is 3.77. The van der Waals surface area contributed by atoms with Crippen LogP contribution in [0.3, 0.4) is 0 Å². The molecule has 0 bridgehead atoms. The molecule has 0 aliphatic heterocycles. The molecule has 2 aromatic heterocycles. The third-order valence-corrected chi connectivity index (χ3v) is 6.66. The Hall–Kier alpha value is -2.19. The second-order valence-corrected chi connectivity index (χ2v) is 8.61. The van der Waals surface area contributed by atoms with Crippen molar-refractivity contribution in [1.82, 2.24) is 9.97 Å². The highest BCUT2D eigenvalue weighted by atomic mass is 32.2. The molecule has 0 unspecified atom stereocenters. The van der Waals surface area contributed by atoms with Crippen LogP contribution in [0.15, 0.2) is 28.2 Å². The van der Waals surface area contributed by atoms with Gasteiger partial charge in [-0.05, 0) is 55.9 Å². The first-order valence-electron chi connectivity index (χ1n) is 8.74. The molecule has 0 saturated heterocycles. The van der Waals surface area contributed by atoms with Gasteiger partial charge in [-0.2, -0.15) is 0 Å². The van der Waals surface area contributed by atoms with Gasteiger partial charge >= 0.3 is 0 Å². The van der Waals surface area contributed by atoms with Gasteiger partial charge in [0.15, 0.2) is 5.16 Å². The summed E-state index contributed by atoms with van der Waals surface area (Å²) in [5.74, 6) is -0.565. The van der Waals surface area contributed by atoms with Crippen LogP contribution in [-0.2, 0) is 17.6 Å². The fourth-order valence-corrected chi connectivity index (χ4v) is 5.19. The number of hydrogen-bond donors (Lipinski definition) is 2. The predicted molar refractivity (Wildman–Crippen MR) is 107 cm³/mol. The number of H-pyrrole nitrogens is 1. The molecule has 1 aliphatic rings. The van der Waals surface area contributed by atoms with Gasteiger partial charge in [0.1, 0.15) is 10.6 Å². The lowest BCUT2D eigenvalue weighted by Gasteiger charge is -2.09. The van der Waals surface area contributed by atoms with Crippen molar-refractivity contribution in [2.75, 3.05) is 11.1 Å². The van der Waals surface area contributed by atoms with Gasteiger partial charge in [-0.15, -0.1) is 11.3 Å². The van der Waals surface area contributed by atoms with Crippen molar-refractivity contribution in [2.45, 2.75) is 37.8 Å². The zero-order chi connectivity index (χ0) is 19.0. The van der Waals surface area contributed by atoms with Gasteiger partial charge in [0, 0.05) is 10.6 Å². The van der Waals surface area contributed by atoms with E-state index in [4.69, 9.17) is 0 Å². The number of anilines is 1. The maximum Gasteiger partial charge on any atom is 0.260 e. The predicted octanol–water partition coefficient (Wildman–Crippen LogP) is 4.04. The highest BCUT2D eigenvalue weighted by molar-refractivity contribution is 7.99. The standard InChI is InChI=1S/C19H18FN3O2S2/c1-10-6-7-11(8-13(10)20)21-15(24)9-26-19-22-17(25)16-12-4-2-3-5-14(12)27-18(16)23-19/h6-8H,2-5,9H2,1H3,(H,21,24)(H,22,23,25). The molecule has 140 valence electrons. The van der Waals surface area contributed by atoms with Crippen LogP contribution in [0.2, 0.25) is 0 Å². The Morgan fingerprint density at radius 3 is 3.00 bits per heavy atom. The zero-order valence-corrected chi connectivity index (χ0v) is 16.4. The molecule has 4 rings (SSSR count). The summed E-state index contributed by atoms with van der Waals surface area (Å²) in [6.45, 7) is 1.66. The van der Waals surface area contributed by atoms with Gasteiger partial charge in [0.25, 0.3) is 5.56 Å². The lowest BCUT2D eigenvalue weighted by molar-refractivity contribution is -0.113.